The quantitative estimate of drug-likeness (QED) is 0.888. The summed E-state index contributed by atoms with van der Waals surface area (Å²) >= 11 is 0. The predicted octanol–water partition coefficient (Wildman–Crippen LogP) is 2.65. The highest BCUT2D eigenvalue weighted by Crippen LogP contribution is 2.29. The molecule has 5 nitrogen and oxygen atoms in total. The van der Waals surface area contributed by atoms with E-state index in [0.717, 1.165) is 24.8 Å². The Kier molecular flexibility index (Phi) is 4.27. The van der Waals surface area contributed by atoms with E-state index in [-0.39, 0.29) is 17.6 Å². The summed E-state index contributed by atoms with van der Waals surface area (Å²) in [6.07, 6.45) is 2.72. The molecule has 1 aromatic rings. The Balaban J connectivity index is 2.16. The minimum atomic E-state index is -0.973. The number of urea groups is 1. The molecule has 1 atom stereocenters. The van der Waals surface area contributed by atoms with E-state index in [1.54, 1.807) is 23.1 Å². The highest BCUT2D eigenvalue weighted by Gasteiger charge is 2.26. The zero-order chi connectivity index (χ0) is 14.7. The fraction of sp³-hybridized carbons (Fsp3) is 0.467. The van der Waals surface area contributed by atoms with Crippen LogP contribution in [0.25, 0.3) is 0 Å². The minimum absolute atomic E-state index is 0.124. The first-order valence-corrected chi connectivity index (χ1v) is 6.97. The number of hydrogen-bond acceptors (Lipinski definition) is 2. The molecule has 0 bridgehead atoms. The molecule has 20 heavy (non-hydrogen) atoms. The van der Waals surface area contributed by atoms with Crippen molar-refractivity contribution in [2.75, 3.05) is 11.4 Å². The summed E-state index contributed by atoms with van der Waals surface area (Å²) in [5.41, 5.74) is 1.95. The number of rotatable bonds is 4. The molecule has 0 spiro atoms. The second-order valence-corrected chi connectivity index (χ2v) is 5.19. The van der Waals surface area contributed by atoms with Gasteiger partial charge in [0, 0.05) is 18.3 Å². The second kappa shape index (κ2) is 5.94. The average Bonchev–Trinajstić information content (AvgIpc) is 2.81. The summed E-state index contributed by atoms with van der Waals surface area (Å²) in [7, 11) is 0. The molecule has 1 aliphatic rings. The topological polar surface area (TPSA) is 69.6 Å². The van der Waals surface area contributed by atoms with Crippen LogP contribution in [0.5, 0.6) is 0 Å². The molecular weight excluding hydrogens is 256 g/mol. The highest BCUT2D eigenvalue weighted by molar-refractivity contribution is 5.97. The number of carboxylic acids is 1. The standard InChI is InChI=1S/C15H20N2O3/c1-3-4-10(2)16-15(20)17-8-7-11-5-6-12(14(18)19)9-13(11)17/h5-6,9-10H,3-4,7-8H2,1-2H3,(H,16,20)(H,18,19). The van der Waals surface area contributed by atoms with Crippen molar-refractivity contribution in [1.82, 2.24) is 5.32 Å². The summed E-state index contributed by atoms with van der Waals surface area (Å²) in [5.74, 6) is -0.973. The zero-order valence-corrected chi connectivity index (χ0v) is 11.8. The number of nitrogens with zero attached hydrogens (tertiary/aromatic N) is 1. The lowest BCUT2D eigenvalue weighted by atomic mass is 10.1. The van der Waals surface area contributed by atoms with Crippen LogP contribution in [-0.2, 0) is 6.42 Å². The molecule has 1 aromatic carbocycles. The van der Waals surface area contributed by atoms with Gasteiger partial charge in [-0.15, -0.1) is 0 Å². The number of benzene rings is 1. The van der Waals surface area contributed by atoms with Crippen molar-refractivity contribution in [2.45, 2.75) is 39.2 Å². The normalized spacial score (nSPS) is 14.8. The van der Waals surface area contributed by atoms with Crippen LogP contribution < -0.4 is 10.2 Å². The molecule has 2 rings (SSSR count). The van der Waals surface area contributed by atoms with Crippen LogP contribution in [-0.4, -0.2) is 29.7 Å². The Morgan fingerprint density at radius 3 is 2.85 bits per heavy atom. The van der Waals surface area contributed by atoms with Gasteiger partial charge in [-0.05, 0) is 37.5 Å². The first-order chi connectivity index (χ1) is 9.52. The lowest BCUT2D eigenvalue weighted by Gasteiger charge is -2.21. The largest absolute Gasteiger partial charge is 0.478 e. The molecule has 1 unspecified atom stereocenters. The van der Waals surface area contributed by atoms with Crippen molar-refractivity contribution in [1.29, 1.82) is 0 Å². The van der Waals surface area contributed by atoms with Gasteiger partial charge in [-0.25, -0.2) is 9.59 Å². The smallest absolute Gasteiger partial charge is 0.335 e. The van der Waals surface area contributed by atoms with Gasteiger partial charge in [0.25, 0.3) is 0 Å². The van der Waals surface area contributed by atoms with Gasteiger partial charge in [-0.1, -0.05) is 19.4 Å². The lowest BCUT2D eigenvalue weighted by molar-refractivity contribution is 0.0697. The molecule has 0 saturated carbocycles. The van der Waals surface area contributed by atoms with Crippen molar-refractivity contribution < 1.29 is 14.7 Å². The summed E-state index contributed by atoms with van der Waals surface area (Å²) in [6, 6.07) is 4.94. The number of carbonyl (C=O) groups is 2. The molecule has 1 heterocycles. The third-order valence-corrected chi connectivity index (χ3v) is 3.56. The van der Waals surface area contributed by atoms with Gasteiger partial charge in [0.05, 0.1) is 5.56 Å². The van der Waals surface area contributed by atoms with Gasteiger partial charge in [0.15, 0.2) is 0 Å². The SMILES string of the molecule is CCCC(C)NC(=O)N1CCc2ccc(C(=O)O)cc21. The van der Waals surface area contributed by atoms with Crippen molar-refractivity contribution in [3.63, 3.8) is 0 Å². The Morgan fingerprint density at radius 2 is 2.20 bits per heavy atom. The number of fused-ring (bicyclic) bond motifs is 1. The average molecular weight is 276 g/mol. The number of carbonyl (C=O) groups excluding carboxylic acids is 1. The Labute approximate surface area is 118 Å². The van der Waals surface area contributed by atoms with Gasteiger partial charge < -0.3 is 10.4 Å². The maximum absolute atomic E-state index is 12.2. The fourth-order valence-electron chi connectivity index (χ4n) is 2.52. The predicted molar refractivity (Wildman–Crippen MR) is 77.4 cm³/mol. The van der Waals surface area contributed by atoms with Crippen molar-refractivity contribution in [3.8, 4) is 0 Å². The summed E-state index contributed by atoms with van der Waals surface area (Å²) in [4.78, 5) is 24.9. The maximum Gasteiger partial charge on any atom is 0.335 e. The first-order valence-electron chi connectivity index (χ1n) is 6.97. The van der Waals surface area contributed by atoms with Crippen molar-refractivity contribution in [3.05, 3.63) is 29.3 Å². The van der Waals surface area contributed by atoms with Gasteiger partial charge >= 0.3 is 12.0 Å². The van der Waals surface area contributed by atoms with Crippen LogP contribution in [0.1, 0.15) is 42.6 Å². The van der Waals surface area contributed by atoms with E-state index in [1.165, 1.54) is 0 Å². The van der Waals surface area contributed by atoms with Crippen LogP contribution in [0, 0.1) is 0 Å². The zero-order valence-electron chi connectivity index (χ0n) is 11.8. The number of aromatic carboxylic acids is 1. The first kappa shape index (κ1) is 14.4. The van der Waals surface area contributed by atoms with Gasteiger partial charge in [0.2, 0.25) is 0 Å². The second-order valence-electron chi connectivity index (χ2n) is 5.19. The minimum Gasteiger partial charge on any atom is -0.478 e. The van der Waals surface area contributed by atoms with Crippen LogP contribution in [0.4, 0.5) is 10.5 Å². The van der Waals surface area contributed by atoms with E-state index in [9.17, 15) is 9.59 Å². The van der Waals surface area contributed by atoms with Crippen LogP contribution in [0.2, 0.25) is 0 Å². The molecule has 0 saturated heterocycles. The number of anilines is 1. The van der Waals surface area contributed by atoms with Gasteiger partial charge in [-0.3, -0.25) is 4.90 Å². The number of hydrogen-bond donors (Lipinski definition) is 2. The van der Waals surface area contributed by atoms with Gasteiger partial charge in [-0.2, -0.15) is 0 Å². The molecule has 0 aromatic heterocycles. The van der Waals surface area contributed by atoms with Crippen molar-refractivity contribution in [2.24, 2.45) is 0 Å². The van der Waals surface area contributed by atoms with E-state index >= 15 is 0 Å². The summed E-state index contributed by atoms with van der Waals surface area (Å²) < 4.78 is 0. The highest BCUT2D eigenvalue weighted by atomic mass is 16.4. The summed E-state index contributed by atoms with van der Waals surface area (Å²) in [5, 5.41) is 12.0. The van der Waals surface area contributed by atoms with Crippen LogP contribution >= 0.6 is 0 Å². The molecule has 108 valence electrons. The fourth-order valence-corrected chi connectivity index (χ4v) is 2.52. The van der Waals surface area contributed by atoms with E-state index in [0.29, 0.717) is 12.2 Å². The third kappa shape index (κ3) is 2.92. The molecule has 0 radical (unpaired) electrons. The molecule has 2 N–H and O–H groups in total. The number of carboxylic acid groups (broad SMARTS) is 1. The Hall–Kier alpha value is -2.04. The lowest BCUT2D eigenvalue weighted by Crippen LogP contribution is -2.43. The molecular formula is C15H20N2O3. The molecule has 0 fully saturated rings. The van der Waals surface area contributed by atoms with Crippen molar-refractivity contribution >= 4 is 17.7 Å². The van der Waals surface area contributed by atoms with E-state index in [1.807, 2.05) is 6.92 Å². The molecule has 0 aliphatic carbocycles. The summed E-state index contributed by atoms with van der Waals surface area (Å²) in [6.45, 7) is 4.65. The van der Waals surface area contributed by atoms with Crippen LogP contribution in [0.3, 0.4) is 0 Å². The number of nitrogens with one attached hydrogen (secondary N) is 1. The number of amides is 2. The van der Waals surface area contributed by atoms with Crippen LogP contribution in [0.15, 0.2) is 18.2 Å². The Morgan fingerprint density at radius 1 is 1.45 bits per heavy atom. The Bertz CT molecular complexity index is 528. The molecule has 1 aliphatic heterocycles. The maximum atomic E-state index is 12.2. The van der Waals surface area contributed by atoms with Gasteiger partial charge in [0.1, 0.15) is 0 Å². The monoisotopic (exact) mass is 276 g/mol. The molecule has 2 amide bonds. The molecule has 5 heteroatoms. The third-order valence-electron chi connectivity index (χ3n) is 3.56. The van der Waals surface area contributed by atoms with E-state index in [2.05, 4.69) is 12.2 Å². The van der Waals surface area contributed by atoms with E-state index in [4.69, 9.17) is 5.11 Å². The van der Waals surface area contributed by atoms with E-state index < -0.39 is 5.97 Å².